The van der Waals surface area contributed by atoms with Crippen molar-refractivity contribution in [1.82, 2.24) is 0 Å². The predicted octanol–water partition coefficient (Wildman–Crippen LogP) is 2.71. The van der Waals surface area contributed by atoms with Crippen molar-refractivity contribution in [3.63, 3.8) is 0 Å². The van der Waals surface area contributed by atoms with Crippen LogP contribution in [0.15, 0.2) is 24.3 Å². The predicted molar refractivity (Wildman–Crippen MR) is 77.1 cm³/mol. The molecular formula is C14H15NO3S. The molecule has 1 heterocycles. The Balaban J connectivity index is 2.06. The van der Waals surface area contributed by atoms with Gasteiger partial charge in [0.25, 0.3) is 6.47 Å². The first-order chi connectivity index (χ1) is 9.24. The van der Waals surface area contributed by atoms with E-state index in [0.29, 0.717) is 13.1 Å². The molecule has 0 atom stereocenters. The number of rotatable bonds is 7. The van der Waals surface area contributed by atoms with Gasteiger partial charge in [-0.25, -0.2) is 0 Å². The van der Waals surface area contributed by atoms with Crippen LogP contribution in [-0.2, 0) is 9.53 Å². The van der Waals surface area contributed by atoms with E-state index in [9.17, 15) is 9.59 Å². The smallest absolute Gasteiger partial charge is 0.293 e. The van der Waals surface area contributed by atoms with Gasteiger partial charge in [0.15, 0.2) is 6.29 Å². The Bertz CT molecular complexity index is 579. The minimum atomic E-state index is 0.435. The summed E-state index contributed by atoms with van der Waals surface area (Å²) in [5, 5.41) is 1.09. The van der Waals surface area contributed by atoms with Crippen molar-refractivity contribution in [3.8, 4) is 0 Å². The maximum atomic E-state index is 10.8. The van der Waals surface area contributed by atoms with E-state index in [4.69, 9.17) is 0 Å². The van der Waals surface area contributed by atoms with Crippen LogP contribution in [0.25, 0.3) is 10.1 Å². The van der Waals surface area contributed by atoms with Crippen LogP contribution in [0.2, 0.25) is 0 Å². The molecule has 1 aromatic carbocycles. The Hall–Kier alpha value is -1.88. The summed E-state index contributed by atoms with van der Waals surface area (Å²) in [5.74, 6) is 0. The minimum Gasteiger partial charge on any atom is -0.468 e. The first-order valence-corrected chi connectivity index (χ1v) is 6.81. The number of carbonyl (C=O) groups is 2. The van der Waals surface area contributed by atoms with Crippen molar-refractivity contribution in [2.24, 2.45) is 0 Å². The highest BCUT2D eigenvalue weighted by molar-refractivity contribution is 7.20. The third-order valence-corrected chi connectivity index (χ3v) is 3.93. The summed E-state index contributed by atoms with van der Waals surface area (Å²) in [4.78, 5) is 23.6. The second kappa shape index (κ2) is 6.33. The van der Waals surface area contributed by atoms with Gasteiger partial charge in [-0.3, -0.25) is 9.59 Å². The number of hydrogen-bond acceptors (Lipinski definition) is 5. The largest absolute Gasteiger partial charge is 0.468 e. The normalized spacial score (nSPS) is 10.4. The van der Waals surface area contributed by atoms with Gasteiger partial charge in [-0.1, -0.05) is 6.07 Å². The van der Waals surface area contributed by atoms with Crippen LogP contribution in [0.4, 0.5) is 5.69 Å². The van der Waals surface area contributed by atoms with Crippen LogP contribution in [0.5, 0.6) is 0 Å². The van der Waals surface area contributed by atoms with Crippen LogP contribution < -0.4 is 4.90 Å². The summed E-state index contributed by atoms with van der Waals surface area (Å²) in [7, 11) is 2.00. The monoisotopic (exact) mass is 277 g/mol. The molecular weight excluding hydrogens is 262 g/mol. The fourth-order valence-electron chi connectivity index (χ4n) is 1.90. The average Bonchev–Trinajstić information content (AvgIpc) is 2.85. The third-order valence-electron chi connectivity index (χ3n) is 2.90. The van der Waals surface area contributed by atoms with Gasteiger partial charge < -0.3 is 9.64 Å². The van der Waals surface area contributed by atoms with Gasteiger partial charge in [0.05, 0.1) is 11.5 Å². The van der Waals surface area contributed by atoms with E-state index in [1.54, 1.807) is 0 Å². The van der Waals surface area contributed by atoms with E-state index in [1.807, 2.05) is 25.2 Å². The highest BCUT2D eigenvalue weighted by atomic mass is 32.1. The lowest BCUT2D eigenvalue weighted by atomic mass is 10.2. The maximum Gasteiger partial charge on any atom is 0.293 e. The molecule has 0 bridgehead atoms. The van der Waals surface area contributed by atoms with E-state index in [-0.39, 0.29) is 0 Å². The number of fused-ring (bicyclic) bond motifs is 1. The van der Waals surface area contributed by atoms with E-state index >= 15 is 0 Å². The Morgan fingerprint density at radius 3 is 2.89 bits per heavy atom. The molecule has 0 fully saturated rings. The van der Waals surface area contributed by atoms with E-state index in [2.05, 4.69) is 15.7 Å². The number of benzene rings is 1. The molecule has 2 aromatic rings. The first kappa shape index (κ1) is 13.5. The molecule has 2 rings (SSSR count). The third kappa shape index (κ3) is 3.32. The fourth-order valence-corrected chi connectivity index (χ4v) is 2.81. The molecule has 19 heavy (non-hydrogen) atoms. The summed E-state index contributed by atoms with van der Waals surface area (Å²) in [5.41, 5.74) is 1.10. The maximum absolute atomic E-state index is 10.8. The summed E-state index contributed by atoms with van der Waals surface area (Å²) in [6, 6.07) is 8.03. The molecule has 0 saturated carbocycles. The second-order valence-electron chi connectivity index (χ2n) is 4.23. The van der Waals surface area contributed by atoms with Crippen molar-refractivity contribution < 1.29 is 14.3 Å². The fraction of sp³-hybridized carbons (Fsp3) is 0.286. The molecule has 0 aliphatic rings. The molecule has 0 N–H and O–H groups in total. The number of nitrogens with zero attached hydrogens (tertiary/aromatic N) is 1. The lowest BCUT2D eigenvalue weighted by Crippen LogP contribution is -2.19. The number of thiophene rings is 1. The van der Waals surface area contributed by atoms with E-state index in [0.717, 1.165) is 39.9 Å². The number of aldehydes is 1. The van der Waals surface area contributed by atoms with Crippen LogP contribution in [0.1, 0.15) is 16.1 Å². The SMILES string of the molecule is CN(CCCOC=O)c1ccc2cc(C=O)sc2c1. The number of carbonyl (C=O) groups excluding carboxylic acids is 2. The average molecular weight is 277 g/mol. The van der Waals surface area contributed by atoms with Crippen molar-refractivity contribution in [1.29, 1.82) is 0 Å². The van der Waals surface area contributed by atoms with Gasteiger partial charge in [0.1, 0.15) is 0 Å². The van der Waals surface area contributed by atoms with Crippen molar-refractivity contribution in [3.05, 3.63) is 29.1 Å². The molecule has 0 spiro atoms. The number of hydrogen-bond donors (Lipinski definition) is 0. The zero-order chi connectivity index (χ0) is 13.7. The summed E-state index contributed by atoms with van der Waals surface area (Å²) in [6.45, 7) is 1.72. The second-order valence-corrected chi connectivity index (χ2v) is 5.35. The molecule has 0 unspecified atom stereocenters. The van der Waals surface area contributed by atoms with Gasteiger partial charge in [0.2, 0.25) is 0 Å². The molecule has 0 aliphatic carbocycles. The highest BCUT2D eigenvalue weighted by Crippen LogP contribution is 2.28. The van der Waals surface area contributed by atoms with Crippen LogP contribution >= 0.6 is 11.3 Å². The standard InChI is InChI=1S/C14H15NO3S/c1-15(5-2-6-18-10-17)12-4-3-11-7-13(9-16)19-14(11)8-12/h3-4,7-10H,2,5-6H2,1H3. The Kier molecular flexibility index (Phi) is 4.52. The van der Waals surface area contributed by atoms with E-state index < -0.39 is 0 Å². The number of ether oxygens (including phenoxy) is 1. The first-order valence-electron chi connectivity index (χ1n) is 6.00. The molecule has 0 radical (unpaired) electrons. The lowest BCUT2D eigenvalue weighted by Gasteiger charge is -2.18. The van der Waals surface area contributed by atoms with Crippen molar-refractivity contribution in [2.75, 3.05) is 25.1 Å². The van der Waals surface area contributed by atoms with Crippen LogP contribution in [0, 0.1) is 0 Å². The molecule has 0 saturated heterocycles. The van der Waals surface area contributed by atoms with Crippen molar-refractivity contribution in [2.45, 2.75) is 6.42 Å². The van der Waals surface area contributed by atoms with Gasteiger partial charge >= 0.3 is 0 Å². The minimum absolute atomic E-state index is 0.435. The quantitative estimate of drug-likeness (QED) is 0.576. The Labute approximate surface area is 115 Å². The topological polar surface area (TPSA) is 46.6 Å². The van der Waals surface area contributed by atoms with Gasteiger partial charge in [-0.05, 0) is 30.0 Å². The van der Waals surface area contributed by atoms with Gasteiger partial charge in [-0.15, -0.1) is 11.3 Å². The molecule has 0 amide bonds. The molecule has 1 aromatic heterocycles. The van der Waals surface area contributed by atoms with Crippen molar-refractivity contribution >= 4 is 39.9 Å². The van der Waals surface area contributed by atoms with Crippen LogP contribution in [-0.4, -0.2) is 33.0 Å². The Morgan fingerprint density at radius 2 is 2.16 bits per heavy atom. The van der Waals surface area contributed by atoms with Crippen LogP contribution in [0.3, 0.4) is 0 Å². The highest BCUT2D eigenvalue weighted by Gasteiger charge is 2.05. The molecule has 100 valence electrons. The molecule has 5 heteroatoms. The van der Waals surface area contributed by atoms with E-state index in [1.165, 1.54) is 11.3 Å². The Morgan fingerprint density at radius 1 is 1.32 bits per heavy atom. The zero-order valence-electron chi connectivity index (χ0n) is 10.7. The summed E-state index contributed by atoms with van der Waals surface area (Å²) >= 11 is 1.50. The van der Waals surface area contributed by atoms with Gasteiger partial charge in [-0.2, -0.15) is 0 Å². The zero-order valence-corrected chi connectivity index (χ0v) is 11.5. The number of anilines is 1. The molecule has 4 nitrogen and oxygen atoms in total. The summed E-state index contributed by atoms with van der Waals surface area (Å²) in [6.07, 6.45) is 1.67. The molecule has 0 aliphatic heterocycles. The lowest BCUT2D eigenvalue weighted by molar-refractivity contribution is -0.128. The van der Waals surface area contributed by atoms with Gasteiger partial charge in [0, 0.05) is 24.0 Å². The summed E-state index contributed by atoms with van der Waals surface area (Å²) < 4.78 is 5.77.